The molecule has 0 saturated heterocycles. The molecular weight excluding hydrogens is 320 g/mol. The summed E-state index contributed by atoms with van der Waals surface area (Å²) in [7, 11) is 0. The van der Waals surface area contributed by atoms with Gasteiger partial charge in [-0.1, -0.05) is 95.0 Å². The van der Waals surface area contributed by atoms with Crippen molar-refractivity contribution < 1.29 is 9.84 Å². The highest BCUT2D eigenvalue weighted by Crippen LogP contribution is 2.35. The highest BCUT2D eigenvalue weighted by Gasteiger charge is 2.10. The number of rotatable bonds is 13. The normalized spacial score (nSPS) is 10.8. The van der Waals surface area contributed by atoms with Crippen LogP contribution < -0.4 is 4.74 Å². The lowest BCUT2D eigenvalue weighted by Crippen LogP contribution is -1.93. The smallest absolute Gasteiger partial charge is 0.172 e. The molecule has 2 nitrogen and oxygen atoms in total. The number of para-hydroxylation sites is 2. The number of ether oxygens (including phenoxy) is 1. The quantitative estimate of drug-likeness (QED) is 0.374. The number of benzene rings is 2. The molecule has 0 heterocycles. The first-order chi connectivity index (χ1) is 12.8. The molecule has 0 aliphatic carbocycles. The van der Waals surface area contributed by atoms with Crippen molar-refractivity contribution in [2.24, 2.45) is 0 Å². The third kappa shape index (κ3) is 7.51. The van der Waals surface area contributed by atoms with Gasteiger partial charge in [0.25, 0.3) is 0 Å². The molecular formula is C24H34O2. The number of phenolic OH excluding ortho intramolecular Hbond substituents is 1. The topological polar surface area (TPSA) is 29.5 Å². The third-order valence-electron chi connectivity index (χ3n) is 4.84. The van der Waals surface area contributed by atoms with Gasteiger partial charge in [-0.15, -0.1) is 0 Å². The van der Waals surface area contributed by atoms with E-state index >= 15 is 0 Å². The molecule has 0 amide bonds. The van der Waals surface area contributed by atoms with Crippen LogP contribution in [0.2, 0.25) is 0 Å². The Bertz CT molecular complexity index is 607. The summed E-state index contributed by atoms with van der Waals surface area (Å²) in [6, 6.07) is 15.3. The van der Waals surface area contributed by atoms with E-state index in [1.807, 2.05) is 36.4 Å². The summed E-state index contributed by atoms with van der Waals surface area (Å²) in [6.07, 6.45) is 14.3. The zero-order chi connectivity index (χ0) is 18.5. The van der Waals surface area contributed by atoms with Crippen molar-refractivity contribution in [3.63, 3.8) is 0 Å². The number of phenols is 1. The van der Waals surface area contributed by atoms with Crippen LogP contribution in [-0.4, -0.2) is 5.11 Å². The molecule has 1 N–H and O–H groups in total. The Balaban J connectivity index is 1.70. The average molecular weight is 355 g/mol. The SMILES string of the molecule is CCCCCCCCCCCCc1cccc(O)c1Oc1ccccc1. The van der Waals surface area contributed by atoms with Crippen LogP contribution in [0.1, 0.15) is 76.7 Å². The van der Waals surface area contributed by atoms with E-state index in [-0.39, 0.29) is 5.75 Å². The molecule has 2 aromatic carbocycles. The minimum atomic E-state index is 0.221. The van der Waals surface area contributed by atoms with Crippen LogP contribution in [-0.2, 0) is 6.42 Å². The first kappa shape index (κ1) is 20.4. The number of hydrogen-bond donors (Lipinski definition) is 1. The first-order valence-electron chi connectivity index (χ1n) is 10.3. The van der Waals surface area contributed by atoms with Crippen LogP contribution in [0, 0.1) is 0 Å². The average Bonchev–Trinajstić information content (AvgIpc) is 2.66. The van der Waals surface area contributed by atoms with Crippen LogP contribution in [0.5, 0.6) is 17.2 Å². The molecule has 2 heteroatoms. The van der Waals surface area contributed by atoms with Gasteiger partial charge in [-0.05, 0) is 36.6 Å². The number of aromatic hydroxyl groups is 1. The highest BCUT2D eigenvalue weighted by atomic mass is 16.5. The van der Waals surface area contributed by atoms with Crippen LogP contribution in [0.3, 0.4) is 0 Å². The third-order valence-corrected chi connectivity index (χ3v) is 4.84. The van der Waals surface area contributed by atoms with Crippen molar-refractivity contribution in [2.45, 2.75) is 77.6 Å². The number of aryl methyl sites for hydroxylation is 1. The van der Waals surface area contributed by atoms with Gasteiger partial charge in [0.1, 0.15) is 5.75 Å². The zero-order valence-corrected chi connectivity index (χ0v) is 16.3. The molecule has 2 rings (SSSR count). The fraction of sp³-hybridized carbons (Fsp3) is 0.500. The van der Waals surface area contributed by atoms with E-state index in [2.05, 4.69) is 13.0 Å². The molecule has 0 fully saturated rings. The monoisotopic (exact) mass is 354 g/mol. The zero-order valence-electron chi connectivity index (χ0n) is 16.3. The molecule has 2 aromatic rings. The minimum Gasteiger partial charge on any atom is -0.504 e. The molecule has 0 radical (unpaired) electrons. The van der Waals surface area contributed by atoms with E-state index in [0.717, 1.165) is 24.2 Å². The van der Waals surface area contributed by atoms with E-state index < -0.39 is 0 Å². The van der Waals surface area contributed by atoms with Crippen molar-refractivity contribution >= 4 is 0 Å². The summed E-state index contributed by atoms with van der Waals surface area (Å²) in [4.78, 5) is 0. The predicted octanol–water partition coefficient (Wildman–Crippen LogP) is 7.65. The number of hydrogen-bond acceptors (Lipinski definition) is 2. The van der Waals surface area contributed by atoms with Crippen LogP contribution in [0.15, 0.2) is 48.5 Å². The largest absolute Gasteiger partial charge is 0.504 e. The van der Waals surface area contributed by atoms with Crippen LogP contribution in [0.25, 0.3) is 0 Å². The van der Waals surface area contributed by atoms with Gasteiger partial charge in [0.05, 0.1) is 0 Å². The van der Waals surface area contributed by atoms with E-state index in [1.54, 1.807) is 6.07 Å². The second-order valence-corrected chi connectivity index (χ2v) is 7.11. The van der Waals surface area contributed by atoms with E-state index in [4.69, 9.17) is 4.74 Å². The predicted molar refractivity (Wildman–Crippen MR) is 110 cm³/mol. The maximum Gasteiger partial charge on any atom is 0.172 e. The highest BCUT2D eigenvalue weighted by molar-refractivity contribution is 5.48. The van der Waals surface area contributed by atoms with Crippen molar-refractivity contribution in [3.8, 4) is 17.2 Å². The summed E-state index contributed by atoms with van der Waals surface area (Å²) in [5, 5.41) is 10.2. The molecule has 0 bridgehead atoms. The van der Waals surface area contributed by atoms with E-state index in [1.165, 1.54) is 57.8 Å². The molecule has 26 heavy (non-hydrogen) atoms. The fourth-order valence-electron chi connectivity index (χ4n) is 3.30. The summed E-state index contributed by atoms with van der Waals surface area (Å²) < 4.78 is 5.93. The Morgan fingerprint density at radius 3 is 1.96 bits per heavy atom. The van der Waals surface area contributed by atoms with Gasteiger partial charge >= 0.3 is 0 Å². The minimum absolute atomic E-state index is 0.221. The lowest BCUT2D eigenvalue weighted by molar-refractivity contribution is 0.406. The Morgan fingerprint density at radius 1 is 0.692 bits per heavy atom. The van der Waals surface area contributed by atoms with E-state index in [9.17, 15) is 5.11 Å². The summed E-state index contributed by atoms with van der Waals surface area (Å²) in [5.74, 6) is 1.59. The lowest BCUT2D eigenvalue weighted by Gasteiger charge is -2.13. The van der Waals surface area contributed by atoms with Gasteiger partial charge < -0.3 is 9.84 Å². The Labute approximate surface area is 159 Å². The van der Waals surface area contributed by atoms with Crippen LogP contribution >= 0.6 is 0 Å². The Hall–Kier alpha value is -1.96. The molecule has 0 aliphatic heterocycles. The van der Waals surface area contributed by atoms with Gasteiger partial charge in [-0.25, -0.2) is 0 Å². The lowest BCUT2D eigenvalue weighted by atomic mass is 10.0. The molecule has 0 aliphatic rings. The maximum atomic E-state index is 10.2. The van der Waals surface area contributed by atoms with Gasteiger partial charge in [0.2, 0.25) is 0 Å². The summed E-state index contributed by atoms with van der Waals surface area (Å²) in [6.45, 7) is 2.27. The summed E-state index contributed by atoms with van der Waals surface area (Å²) in [5.41, 5.74) is 1.09. The maximum absolute atomic E-state index is 10.2. The molecule has 0 aromatic heterocycles. The second kappa shape index (κ2) is 12.4. The first-order valence-corrected chi connectivity index (χ1v) is 10.3. The molecule has 0 atom stereocenters. The summed E-state index contributed by atoms with van der Waals surface area (Å²) >= 11 is 0. The molecule has 0 spiro atoms. The van der Waals surface area contributed by atoms with Crippen LogP contribution in [0.4, 0.5) is 0 Å². The second-order valence-electron chi connectivity index (χ2n) is 7.11. The van der Waals surface area contributed by atoms with Crippen molar-refractivity contribution in [1.29, 1.82) is 0 Å². The van der Waals surface area contributed by atoms with E-state index in [0.29, 0.717) is 5.75 Å². The van der Waals surface area contributed by atoms with Crippen molar-refractivity contribution in [2.75, 3.05) is 0 Å². The molecule has 0 saturated carbocycles. The molecule has 0 unspecified atom stereocenters. The van der Waals surface area contributed by atoms with Gasteiger partial charge in [-0.3, -0.25) is 0 Å². The van der Waals surface area contributed by atoms with Gasteiger partial charge in [0, 0.05) is 0 Å². The van der Waals surface area contributed by atoms with Gasteiger partial charge in [0.15, 0.2) is 11.5 Å². The fourth-order valence-corrected chi connectivity index (χ4v) is 3.30. The van der Waals surface area contributed by atoms with Crippen molar-refractivity contribution in [1.82, 2.24) is 0 Å². The Morgan fingerprint density at radius 2 is 1.31 bits per heavy atom. The standard InChI is InChI=1S/C24H34O2/c1-2-3-4-5-6-7-8-9-10-12-16-21-17-15-20-23(25)24(21)26-22-18-13-11-14-19-22/h11,13-15,17-20,25H,2-10,12,16H2,1H3. The number of unbranched alkanes of at least 4 members (excludes halogenated alkanes) is 9. The molecule has 142 valence electrons. The Kier molecular flexibility index (Phi) is 9.71. The van der Waals surface area contributed by atoms with Gasteiger partial charge in [-0.2, -0.15) is 0 Å². The van der Waals surface area contributed by atoms with Crippen molar-refractivity contribution in [3.05, 3.63) is 54.1 Å².